The number of nitrogens with zero attached hydrogens (tertiary/aromatic N) is 2. The first-order chi connectivity index (χ1) is 14.9. The Hall–Kier alpha value is -2.97. The fourth-order valence-electron chi connectivity index (χ4n) is 3.51. The third-order valence-electron chi connectivity index (χ3n) is 5.18. The monoisotopic (exact) mass is 442 g/mol. The largest absolute Gasteiger partial charge is 0.495 e. The fourth-order valence-corrected chi connectivity index (χ4v) is 4.91. The maximum Gasteiger partial charge on any atom is 0.182 e. The van der Waals surface area contributed by atoms with Crippen LogP contribution in [0, 0.1) is 5.82 Å². The molecule has 0 saturated carbocycles. The third-order valence-corrected chi connectivity index (χ3v) is 6.85. The maximum atomic E-state index is 13.3. The van der Waals surface area contributed by atoms with Gasteiger partial charge in [-0.05, 0) is 47.5 Å². The van der Waals surface area contributed by atoms with Gasteiger partial charge in [0.1, 0.15) is 11.6 Å². The lowest BCUT2D eigenvalue weighted by atomic mass is 10.1. The minimum atomic E-state index is -3.67. The minimum Gasteiger partial charge on any atom is -0.495 e. The highest BCUT2D eigenvalue weighted by atomic mass is 32.2. The number of rotatable bonds is 6. The van der Waals surface area contributed by atoms with Gasteiger partial charge in [0.15, 0.2) is 9.84 Å². The van der Waals surface area contributed by atoms with Gasteiger partial charge >= 0.3 is 0 Å². The van der Waals surface area contributed by atoms with Gasteiger partial charge in [0.2, 0.25) is 0 Å². The summed E-state index contributed by atoms with van der Waals surface area (Å²) in [7, 11) is -2.11. The predicted octanol–water partition coefficient (Wildman–Crippen LogP) is 3.71. The number of anilines is 1. The van der Waals surface area contributed by atoms with Crippen LogP contribution >= 0.6 is 0 Å². The van der Waals surface area contributed by atoms with Crippen LogP contribution in [-0.4, -0.2) is 46.8 Å². The molecule has 3 aromatic rings. The lowest BCUT2D eigenvalue weighted by Crippen LogP contribution is -2.36. The highest BCUT2D eigenvalue weighted by Gasteiger charge is 2.21. The molecule has 1 aliphatic rings. The average molecular weight is 443 g/mol. The molecule has 162 valence electrons. The van der Waals surface area contributed by atoms with Crippen LogP contribution in [0.2, 0.25) is 0 Å². The Bertz CT molecular complexity index is 1160. The number of methoxy groups -OCH3 is 1. The highest BCUT2D eigenvalue weighted by molar-refractivity contribution is 7.90. The van der Waals surface area contributed by atoms with E-state index in [4.69, 9.17) is 9.47 Å². The van der Waals surface area contributed by atoms with Crippen molar-refractivity contribution in [3.63, 3.8) is 0 Å². The summed E-state index contributed by atoms with van der Waals surface area (Å²) in [5.74, 6) is -0.0244. The molecular weight excluding hydrogens is 419 g/mol. The molecule has 1 aromatic heterocycles. The van der Waals surface area contributed by atoms with Crippen LogP contribution in [0.15, 0.2) is 65.8 Å². The summed E-state index contributed by atoms with van der Waals surface area (Å²) >= 11 is 0. The summed E-state index contributed by atoms with van der Waals surface area (Å²) in [6.07, 6.45) is 3.28. The van der Waals surface area contributed by atoms with Crippen LogP contribution in [0.4, 0.5) is 10.1 Å². The molecular formula is C23H23FN2O4S. The number of morpholine rings is 1. The van der Waals surface area contributed by atoms with E-state index < -0.39 is 15.7 Å². The summed E-state index contributed by atoms with van der Waals surface area (Å²) < 4.78 is 50.4. The number of halogens is 1. The number of aromatic nitrogens is 1. The Morgan fingerprint density at radius 1 is 1.03 bits per heavy atom. The number of ether oxygens (including phenoxy) is 2. The normalized spacial score (nSPS) is 14.5. The highest BCUT2D eigenvalue weighted by Crippen LogP contribution is 2.32. The van der Waals surface area contributed by atoms with Gasteiger partial charge in [-0.1, -0.05) is 12.1 Å². The summed E-state index contributed by atoms with van der Waals surface area (Å²) in [5, 5.41) is 0. The average Bonchev–Trinajstić information content (AvgIpc) is 2.81. The van der Waals surface area contributed by atoms with Crippen LogP contribution in [0.3, 0.4) is 0 Å². The first-order valence-corrected chi connectivity index (χ1v) is 11.5. The van der Waals surface area contributed by atoms with Crippen molar-refractivity contribution in [1.29, 1.82) is 0 Å². The molecule has 0 aliphatic carbocycles. The van der Waals surface area contributed by atoms with Gasteiger partial charge in [-0.15, -0.1) is 0 Å². The molecule has 1 saturated heterocycles. The van der Waals surface area contributed by atoms with E-state index in [2.05, 4.69) is 9.88 Å². The summed E-state index contributed by atoms with van der Waals surface area (Å²) in [6.45, 7) is 2.53. The van der Waals surface area contributed by atoms with Gasteiger partial charge < -0.3 is 14.4 Å². The molecule has 0 amide bonds. The zero-order chi connectivity index (χ0) is 21.8. The topological polar surface area (TPSA) is 68.7 Å². The molecule has 2 heterocycles. The molecule has 31 heavy (non-hydrogen) atoms. The van der Waals surface area contributed by atoms with Crippen molar-refractivity contribution in [2.45, 2.75) is 10.6 Å². The first-order valence-electron chi connectivity index (χ1n) is 9.89. The zero-order valence-corrected chi connectivity index (χ0v) is 17.9. The van der Waals surface area contributed by atoms with E-state index in [1.54, 1.807) is 31.6 Å². The molecule has 0 radical (unpaired) electrons. The third kappa shape index (κ3) is 5.03. The van der Waals surface area contributed by atoms with E-state index in [1.165, 1.54) is 24.3 Å². The maximum absolute atomic E-state index is 13.3. The van der Waals surface area contributed by atoms with Gasteiger partial charge in [0.25, 0.3) is 0 Å². The Morgan fingerprint density at radius 2 is 1.77 bits per heavy atom. The molecule has 0 N–H and O–H groups in total. The predicted molar refractivity (Wildman–Crippen MR) is 117 cm³/mol. The van der Waals surface area contributed by atoms with Crippen molar-refractivity contribution >= 4 is 15.5 Å². The second-order valence-corrected chi connectivity index (χ2v) is 9.30. The van der Waals surface area contributed by atoms with Crippen LogP contribution in [-0.2, 0) is 20.3 Å². The fraction of sp³-hybridized carbons (Fsp3) is 0.261. The number of benzene rings is 2. The van der Waals surface area contributed by atoms with Crippen LogP contribution in [0.1, 0.15) is 5.56 Å². The number of hydrogen-bond donors (Lipinski definition) is 0. The molecule has 2 aromatic carbocycles. The SMILES string of the molecule is COc1cncc(-c2cc(N3CCOCC3)cc(S(=O)(=O)Cc3ccc(F)cc3)c2)c1. The van der Waals surface area contributed by atoms with Crippen molar-refractivity contribution in [3.05, 3.63) is 72.3 Å². The van der Waals surface area contributed by atoms with Gasteiger partial charge in [0.05, 0.1) is 37.2 Å². The Labute approximate surface area is 181 Å². The van der Waals surface area contributed by atoms with E-state index in [-0.39, 0.29) is 10.6 Å². The molecule has 4 rings (SSSR count). The number of pyridine rings is 1. The van der Waals surface area contributed by atoms with Crippen molar-refractivity contribution in [2.24, 2.45) is 0 Å². The smallest absolute Gasteiger partial charge is 0.182 e. The Morgan fingerprint density at radius 3 is 2.48 bits per heavy atom. The molecule has 6 nitrogen and oxygen atoms in total. The molecule has 0 bridgehead atoms. The lowest BCUT2D eigenvalue weighted by molar-refractivity contribution is 0.122. The van der Waals surface area contributed by atoms with Crippen LogP contribution in [0.25, 0.3) is 11.1 Å². The quantitative estimate of drug-likeness (QED) is 0.580. The van der Waals surface area contributed by atoms with Gasteiger partial charge in [-0.3, -0.25) is 4.98 Å². The van der Waals surface area contributed by atoms with E-state index in [0.717, 1.165) is 16.8 Å². The van der Waals surface area contributed by atoms with Gasteiger partial charge in [-0.25, -0.2) is 12.8 Å². The lowest BCUT2D eigenvalue weighted by Gasteiger charge is -2.29. The Balaban J connectivity index is 1.77. The number of hydrogen-bond acceptors (Lipinski definition) is 6. The van der Waals surface area contributed by atoms with E-state index in [0.29, 0.717) is 37.6 Å². The summed E-state index contributed by atoms with van der Waals surface area (Å²) in [4.78, 5) is 6.51. The molecule has 1 aliphatic heterocycles. The molecule has 1 fully saturated rings. The molecule has 0 spiro atoms. The molecule has 0 atom stereocenters. The van der Waals surface area contributed by atoms with Gasteiger partial charge in [-0.2, -0.15) is 0 Å². The van der Waals surface area contributed by atoms with E-state index in [9.17, 15) is 12.8 Å². The Kier molecular flexibility index (Phi) is 6.20. The molecule has 8 heteroatoms. The van der Waals surface area contributed by atoms with Crippen molar-refractivity contribution < 1.29 is 22.3 Å². The standard InChI is InChI=1S/C23H23FN2O4S/c1-29-22-11-19(14-25-15-22)18-10-21(26-6-8-30-9-7-26)13-23(12-18)31(27,28)16-17-2-4-20(24)5-3-17/h2-5,10-15H,6-9,16H2,1H3. The van der Waals surface area contributed by atoms with E-state index in [1.807, 2.05) is 12.1 Å². The van der Waals surface area contributed by atoms with Crippen molar-refractivity contribution in [1.82, 2.24) is 4.98 Å². The minimum absolute atomic E-state index is 0.207. The van der Waals surface area contributed by atoms with E-state index >= 15 is 0 Å². The summed E-state index contributed by atoms with van der Waals surface area (Å²) in [6, 6.07) is 12.6. The van der Waals surface area contributed by atoms with Crippen molar-refractivity contribution in [2.75, 3.05) is 38.3 Å². The second-order valence-electron chi connectivity index (χ2n) is 7.31. The zero-order valence-electron chi connectivity index (χ0n) is 17.1. The van der Waals surface area contributed by atoms with Crippen LogP contribution in [0.5, 0.6) is 5.75 Å². The van der Waals surface area contributed by atoms with Crippen LogP contribution < -0.4 is 9.64 Å². The number of sulfone groups is 1. The van der Waals surface area contributed by atoms with Gasteiger partial charge in [0, 0.05) is 30.5 Å². The van der Waals surface area contributed by atoms with Crippen molar-refractivity contribution in [3.8, 4) is 16.9 Å². The summed E-state index contributed by atoms with van der Waals surface area (Å²) in [5.41, 5.74) is 2.82. The first kappa shape index (κ1) is 21.3. The second kappa shape index (κ2) is 9.03. The molecule has 0 unspecified atom stereocenters.